The summed E-state index contributed by atoms with van der Waals surface area (Å²) in [5, 5.41) is 0. The Labute approximate surface area is 154 Å². The lowest BCUT2D eigenvalue weighted by Gasteiger charge is -2.35. The molecule has 6 heteroatoms. The highest BCUT2D eigenvalue weighted by Crippen LogP contribution is 2.26. The van der Waals surface area contributed by atoms with Crippen molar-refractivity contribution < 1.29 is 9.21 Å². The second-order valence-electron chi connectivity index (χ2n) is 7.36. The van der Waals surface area contributed by atoms with Gasteiger partial charge in [-0.1, -0.05) is 30.3 Å². The molecule has 6 nitrogen and oxygen atoms in total. The molecule has 2 fully saturated rings. The molecule has 0 bridgehead atoms. The lowest BCUT2D eigenvalue weighted by molar-refractivity contribution is -0.137. The van der Waals surface area contributed by atoms with Gasteiger partial charge in [0.05, 0.1) is 12.7 Å². The molecule has 1 aromatic heterocycles. The standard InChI is InChI=1S/C20H26N4O2/c21-17-7-6-16(12-17)20(25)24-10-8-23(9-11-24)14-19-22-13-18(26-19)15-4-2-1-3-5-15/h1-5,13,16-17H,6-12,14,21H2. The van der Waals surface area contributed by atoms with E-state index in [-0.39, 0.29) is 12.0 Å². The molecule has 1 saturated heterocycles. The summed E-state index contributed by atoms with van der Waals surface area (Å²) in [6, 6.07) is 10.2. The van der Waals surface area contributed by atoms with Crippen molar-refractivity contribution in [1.29, 1.82) is 0 Å². The monoisotopic (exact) mass is 354 g/mol. The molecular formula is C20H26N4O2. The number of benzene rings is 1. The van der Waals surface area contributed by atoms with E-state index in [2.05, 4.69) is 9.88 Å². The third-order valence-electron chi connectivity index (χ3n) is 5.48. The summed E-state index contributed by atoms with van der Waals surface area (Å²) in [6.07, 6.45) is 4.55. The highest BCUT2D eigenvalue weighted by molar-refractivity contribution is 5.79. The minimum Gasteiger partial charge on any atom is -0.439 e. The Hall–Kier alpha value is -2.18. The largest absolute Gasteiger partial charge is 0.439 e. The van der Waals surface area contributed by atoms with Gasteiger partial charge in [-0.05, 0) is 19.3 Å². The number of amides is 1. The van der Waals surface area contributed by atoms with E-state index in [0.29, 0.717) is 12.5 Å². The Morgan fingerprint density at radius 2 is 1.92 bits per heavy atom. The fourth-order valence-corrected chi connectivity index (χ4v) is 3.94. The van der Waals surface area contributed by atoms with Crippen LogP contribution < -0.4 is 5.73 Å². The smallest absolute Gasteiger partial charge is 0.225 e. The van der Waals surface area contributed by atoms with Crippen molar-refractivity contribution in [3.05, 3.63) is 42.4 Å². The van der Waals surface area contributed by atoms with E-state index < -0.39 is 0 Å². The van der Waals surface area contributed by atoms with E-state index in [9.17, 15) is 4.79 Å². The number of carbonyl (C=O) groups excluding carboxylic acids is 1. The number of aromatic nitrogens is 1. The summed E-state index contributed by atoms with van der Waals surface area (Å²) >= 11 is 0. The Balaban J connectivity index is 1.29. The molecule has 138 valence electrons. The van der Waals surface area contributed by atoms with Crippen molar-refractivity contribution in [2.24, 2.45) is 11.7 Å². The van der Waals surface area contributed by atoms with Gasteiger partial charge in [0.2, 0.25) is 11.8 Å². The number of hydrogen-bond donors (Lipinski definition) is 1. The maximum absolute atomic E-state index is 12.6. The Morgan fingerprint density at radius 1 is 1.15 bits per heavy atom. The number of rotatable bonds is 4. The lowest BCUT2D eigenvalue weighted by atomic mass is 10.1. The van der Waals surface area contributed by atoms with Crippen LogP contribution in [0.1, 0.15) is 25.2 Å². The molecule has 1 aliphatic heterocycles. The minimum absolute atomic E-state index is 0.136. The molecule has 1 aromatic carbocycles. The first-order valence-electron chi connectivity index (χ1n) is 9.46. The van der Waals surface area contributed by atoms with Crippen molar-refractivity contribution in [2.45, 2.75) is 31.8 Å². The van der Waals surface area contributed by atoms with E-state index in [0.717, 1.165) is 62.7 Å². The van der Waals surface area contributed by atoms with Crippen LogP contribution >= 0.6 is 0 Å². The van der Waals surface area contributed by atoms with Crippen molar-refractivity contribution in [3.8, 4) is 11.3 Å². The zero-order chi connectivity index (χ0) is 17.9. The average Bonchev–Trinajstić information content (AvgIpc) is 3.32. The van der Waals surface area contributed by atoms with Gasteiger partial charge in [-0.3, -0.25) is 9.69 Å². The fraction of sp³-hybridized carbons (Fsp3) is 0.500. The third kappa shape index (κ3) is 3.81. The summed E-state index contributed by atoms with van der Waals surface area (Å²) in [5.74, 6) is 1.95. The average molecular weight is 354 g/mol. The van der Waals surface area contributed by atoms with Gasteiger partial charge in [0.1, 0.15) is 0 Å². The molecule has 1 aliphatic carbocycles. The molecule has 4 rings (SSSR count). The molecule has 2 atom stereocenters. The first-order chi connectivity index (χ1) is 12.7. The zero-order valence-corrected chi connectivity index (χ0v) is 15.0. The fourth-order valence-electron chi connectivity index (χ4n) is 3.94. The number of hydrogen-bond acceptors (Lipinski definition) is 5. The summed E-state index contributed by atoms with van der Waals surface area (Å²) in [6.45, 7) is 3.94. The van der Waals surface area contributed by atoms with Gasteiger partial charge in [-0.25, -0.2) is 4.98 Å². The summed E-state index contributed by atoms with van der Waals surface area (Å²) in [5.41, 5.74) is 6.99. The molecule has 1 amide bonds. The van der Waals surface area contributed by atoms with Crippen molar-refractivity contribution in [1.82, 2.24) is 14.8 Å². The van der Waals surface area contributed by atoms with Gasteiger partial charge in [0.25, 0.3) is 0 Å². The van der Waals surface area contributed by atoms with Crippen LogP contribution in [-0.2, 0) is 11.3 Å². The van der Waals surface area contributed by atoms with E-state index in [1.54, 1.807) is 6.20 Å². The van der Waals surface area contributed by atoms with Crippen LogP contribution in [-0.4, -0.2) is 52.9 Å². The maximum Gasteiger partial charge on any atom is 0.225 e. The van der Waals surface area contributed by atoms with Crippen LogP contribution in [0.25, 0.3) is 11.3 Å². The molecule has 0 spiro atoms. The van der Waals surface area contributed by atoms with E-state index in [1.165, 1.54) is 0 Å². The Bertz CT molecular complexity index is 737. The van der Waals surface area contributed by atoms with E-state index in [4.69, 9.17) is 10.2 Å². The number of carbonyl (C=O) groups is 1. The van der Waals surface area contributed by atoms with Gasteiger partial charge in [0, 0.05) is 43.7 Å². The van der Waals surface area contributed by atoms with Crippen molar-refractivity contribution in [2.75, 3.05) is 26.2 Å². The topological polar surface area (TPSA) is 75.6 Å². The second kappa shape index (κ2) is 7.60. The summed E-state index contributed by atoms with van der Waals surface area (Å²) in [7, 11) is 0. The van der Waals surface area contributed by atoms with Crippen molar-refractivity contribution >= 4 is 5.91 Å². The molecule has 1 saturated carbocycles. The Morgan fingerprint density at radius 3 is 2.62 bits per heavy atom. The van der Waals surface area contributed by atoms with Gasteiger partial charge < -0.3 is 15.1 Å². The molecule has 0 radical (unpaired) electrons. The summed E-state index contributed by atoms with van der Waals surface area (Å²) in [4.78, 5) is 21.3. The Kier molecular flexibility index (Phi) is 5.04. The first-order valence-corrected chi connectivity index (χ1v) is 9.46. The number of oxazole rings is 1. The van der Waals surface area contributed by atoms with Crippen LogP contribution in [0.4, 0.5) is 0 Å². The van der Waals surface area contributed by atoms with E-state index in [1.807, 2.05) is 35.2 Å². The zero-order valence-electron chi connectivity index (χ0n) is 15.0. The minimum atomic E-state index is 0.136. The van der Waals surface area contributed by atoms with Crippen LogP contribution in [0, 0.1) is 5.92 Å². The predicted octanol–water partition coefficient (Wildman–Crippen LogP) is 2.11. The van der Waals surface area contributed by atoms with Crippen LogP contribution in [0.2, 0.25) is 0 Å². The molecule has 2 heterocycles. The molecule has 2 aromatic rings. The maximum atomic E-state index is 12.6. The van der Waals surface area contributed by atoms with Crippen LogP contribution in [0.15, 0.2) is 40.9 Å². The molecule has 2 aliphatic rings. The van der Waals surface area contributed by atoms with E-state index >= 15 is 0 Å². The molecular weight excluding hydrogens is 328 g/mol. The molecule has 2 unspecified atom stereocenters. The number of piperazine rings is 1. The van der Waals surface area contributed by atoms with Crippen molar-refractivity contribution in [3.63, 3.8) is 0 Å². The normalized spacial score (nSPS) is 24.1. The van der Waals surface area contributed by atoms with Gasteiger partial charge >= 0.3 is 0 Å². The van der Waals surface area contributed by atoms with Gasteiger partial charge in [-0.15, -0.1) is 0 Å². The first kappa shape index (κ1) is 17.2. The van der Waals surface area contributed by atoms with Crippen LogP contribution in [0.5, 0.6) is 0 Å². The SMILES string of the molecule is NC1CCC(C(=O)N2CCN(Cc3ncc(-c4ccccc4)o3)CC2)C1. The van der Waals surface area contributed by atoms with Gasteiger partial charge in [-0.2, -0.15) is 0 Å². The highest BCUT2D eigenvalue weighted by Gasteiger charge is 2.32. The third-order valence-corrected chi connectivity index (χ3v) is 5.48. The summed E-state index contributed by atoms with van der Waals surface area (Å²) < 4.78 is 5.89. The quantitative estimate of drug-likeness (QED) is 0.910. The predicted molar refractivity (Wildman–Crippen MR) is 99.1 cm³/mol. The second-order valence-corrected chi connectivity index (χ2v) is 7.36. The lowest BCUT2D eigenvalue weighted by Crippen LogP contribution is -2.49. The van der Waals surface area contributed by atoms with Gasteiger partial charge in [0.15, 0.2) is 5.76 Å². The highest BCUT2D eigenvalue weighted by atomic mass is 16.4. The van der Waals surface area contributed by atoms with Crippen LogP contribution in [0.3, 0.4) is 0 Å². The number of nitrogens with two attached hydrogens (primary N) is 1. The number of nitrogens with zero attached hydrogens (tertiary/aromatic N) is 3. The molecule has 2 N–H and O–H groups in total. The molecule has 26 heavy (non-hydrogen) atoms.